The molecule has 0 aromatic carbocycles. The van der Waals surface area contributed by atoms with Crippen LogP contribution in [0.5, 0.6) is 0 Å². The molecule has 0 aromatic heterocycles. The SMILES string of the molecule is O=C(NC1CCN(C(=O)C(F)(F)F)CC1)NC12CC3CC(CC(C3)C1)C2. The molecule has 0 spiro atoms. The molecule has 0 radical (unpaired) electrons. The van der Waals surface area contributed by atoms with Gasteiger partial charge in [0, 0.05) is 24.7 Å². The minimum Gasteiger partial charge on any atom is -0.335 e. The van der Waals surface area contributed by atoms with Crippen LogP contribution in [0.2, 0.25) is 0 Å². The molecular weight excluding hydrogens is 347 g/mol. The third-order valence-electron chi connectivity index (χ3n) is 6.78. The molecule has 1 heterocycles. The second kappa shape index (κ2) is 6.30. The van der Waals surface area contributed by atoms with E-state index in [0.717, 1.165) is 41.9 Å². The number of piperidine rings is 1. The summed E-state index contributed by atoms with van der Waals surface area (Å²) in [4.78, 5) is 24.6. The van der Waals surface area contributed by atoms with Crippen LogP contribution in [0.15, 0.2) is 0 Å². The first kappa shape index (κ1) is 17.9. The molecule has 5 fully saturated rings. The van der Waals surface area contributed by atoms with Crippen LogP contribution in [0.4, 0.5) is 18.0 Å². The zero-order valence-electron chi connectivity index (χ0n) is 14.8. The molecule has 146 valence electrons. The summed E-state index contributed by atoms with van der Waals surface area (Å²) in [5.41, 5.74) is -0.0776. The second-order valence-electron chi connectivity index (χ2n) is 8.86. The fraction of sp³-hybridized carbons (Fsp3) is 0.889. The summed E-state index contributed by atoms with van der Waals surface area (Å²) in [6.07, 6.45) is 2.97. The number of nitrogens with zero attached hydrogens (tertiary/aromatic N) is 1. The van der Waals surface area contributed by atoms with E-state index in [0.29, 0.717) is 12.8 Å². The van der Waals surface area contributed by atoms with Crippen molar-refractivity contribution in [1.29, 1.82) is 0 Å². The number of rotatable bonds is 2. The predicted molar refractivity (Wildman–Crippen MR) is 88.2 cm³/mol. The van der Waals surface area contributed by atoms with Crippen LogP contribution in [0.25, 0.3) is 0 Å². The molecule has 8 heteroatoms. The van der Waals surface area contributed by atoms with Gasteiger partial charge in [0.1, 0.15) is 0 Å². The van der Waals surface area contributed by atoms with E-state index in [-0.39, 0.29) is 30.7 Å². The second-order valence-corrected chi connectivity index (χ2v) is 8.86. The first-order valence-electron chi connectivity index (χ1n) is 9.67. The maximum Gasteiger partial charge on any atom is 0.471 e. The standard InChI is InChI=1S/C18H26F3N3O2/c19-18(20,21)15(25)24-3-1-14(2-4-24)22-16(26)23-17-8-11-5-12(9-17)7-13(6-11)10-17/h11-14H,1-10H2,(H2,22,23,26). The minimum atomic E-state index is -4.82. The van der Waals surface area contributed by atoms with Gasteiger partial charge < -0.3 is 15.5 Å². The summed E-state index contributed by atoms with van der Waals surface area (Å²) < 4.78 is 37.5. The molecule has 5 rings (SSSR count). The van der Waals surface area contributed by atoms with Crippen molar-refractivity contribution in [2.75, 3.05) is 13.1 Å². The van der Waals surface area contributed by atoms with Crippen molar-refractivity contribution in [2.24, 2.45) is 17.8 Å². The summed E-state index contributed by atoms with van der Waals surface area (Å²) in [6.45, 7) is 0.0569. The molecule has 5 aliphatic rings. The Hall–Kier alpha value is -1.47. The first-order valence-corrected chi connectivity index (χ1v) is 9.67. The smallest absolute Gasteiger partial charge is 0.335 e. The number of urea groups is 1. The van der Waals surface area contributed by atoms with Gasteiger partial charge in [-0.1, -0.05) is 0 Å². The highest BCUT2D eigenvalue weighted by molar-refractivity contribution is 5.82. The maximum absolute atomic E-state index is 12.5. The van der Waals surface area contributed by atoms with Crippen LogP contribution in [-0.2, 0) is 4.79 Å². The summed E-state index contributed by atoms with van der Waals surface area (Å²) in [5, 5.41) is 6.14. The third-order valence-corrected chi connectivity index (χ3v) is 6.78. The fourth-order valence-corrected chi connectivity index (χ4v) is 6.13. The highest BCUT2D eigenvalue weighted by Gasteiger charge is 2.51. The molecule has 2 N–H and O–H groups in total. The van der Waals surface area contributed by atoms with E-state index in [4.69, 9.17) is 0 Å². The van der Waals surface area contributed by atoms with Crippen LogP contribution in [0.1, 0.15) is 51.4 Å². The maximum atomic E-state index is 12.5. The van der Waals surface area contributed by atoms with Crippen LogP contribution >= 0.6 is 0 Å². The van der Waals surface area contributed by atoms with Crippen molar-refractivity contribution in [3.05, 3.63) is 0 Å². The highest BCUT2D eigenvalue weighted by atomic mass is 19.4. The van der Waals surface area contributed by atoms with Gasteiger partial charge in [-0.3, -0.25) is 4.79 Å². The van der Waals surface area contributed by atoms with Crippen LogP contribution in [0.3, 0.4) is 0 Å². The molecule has 1 aliphatic heterocycles. The lowest BCUT2D eigenvalue weighted by Gasteiger charge is -2.56. The minimum absolute atomic E-state index is 0.0284. The number of alkyl halides is 3. The van der Waals surface area contributed by atoms with Gasteiger partial charge in [0.05, 0.1) is 0 Å². The molecule has 26 heavy (non-hydrogen) atoms. The Labute approximate surface area is 151 Å². The number of carbonyl (C=O) groups excluding carboxylic acids is 2. The van der Waals surface area contributed by atoms with Crippen molar-refractivity contribution < 1.29 is 22.8 Å². The van der Waals surface area contributed by atoms with Crippen molar-refractivity contribution >= 4 is 11.9 Å². The number of amides is 3. The van der Waals surface area contributed by atoms with Gasteiger partial charge in [0.2, 0.25) is 0 Å². The molecule has 0 unspecified atom stereocenters. The van der Waals surface area contributed by atoms with Gasteiger partial charge in [-0.15, -0.1) is 0 Å². The van der Waals surface area contributed by atoms with E-state index in [9.17, 15) is 22.8 Å². The Balaban J connectivity index is 1.27. The van der Waals surface area contributed by atoms with E-state index in [1.54, 1.807) is 0 Å². The molecule has 4 saturated carbocycles. The van der Waals surface area contributed by atoms with Gasteiger partial charge in [-0.2, -0.15) is 13.2 Å². The van der Waals surface area contributed by atoms with E-state index >= 15 is 0 Å². The molecule has 1 saturated heterocycles. The molecule has 3 amide bonds. The number of nitrogens with one attached hydrogen (secondary N) is 2. The Morgan fingerprint density at radius 3 is 1.88 bits per heavy atom. The topological polar surface area (TPSA) is 61.4 Å². The lowest BCUT2D eigenvalue weighted by molar-refractivity contribution is -0.186. The largest absolute Gasteiger partial charge is 0.471 e. The zero-order chi connectivity index (χ0) is 18.5. The van der Waals surface area contributed by atoms with E-state index < -0.39 is 12.1 Å². The Kier molecular flexibility index (Phi) is 4.34. The Morgan fingerprint density at radius 1 is 0.923 bits per heavy atom. The summed E-state index contributed by atoms with van der Waals surface area (Å²) in [5.74, 6) is 0.420. The third kappa shape index (κ3) is 3.51. The number of carbonyl (C=O) groups is 2. The molecule has 0 atom stereocenters. The van der Waals surface area contributed by atoms with E-state index in [2.05, 4.69) is 10.6 Å². The number of halogens is 3. The summed E-state index contributed by atoms with van der Waals surface area (Å²) in [6, 6.07) is -0.381. The molecule has 4 bridgehead atoms. The number of hydrogen-bond acceptors (Lipinski definition) is 2. The van der Waals surface area contributed by atoms with Crippen LogP contribution in [0, 0.1) is 17.8 Å². The Morgan fingerprint density at radius 2 is 1.42 bits per heavy atom. The van der Waals surface area contributed by atoms with Crippen LogP contribution in [-0.4, -0.2) is 47.7 Å². The highest BCUT2D eigenvalue weighted by Crippen LogP contribution is 2.55. The van der Waals surface area contributed by atoms with Crippen LogP contribution < -0.4 is 10.6 Å². The normalized spacial score (nSPS) is 36.9. The van der Waals surface area contributed by atoms with Gasteiger partial charge >= 0.3 is 18.1 Å². The molecule has 4 aliphatic carbocycles. The quantitative estimate of drug-likeness (QED) is 0.782. The summed E-state index contributed by atoms with van der Waals surface area (Å²) in [7, 11) is 0. The van der Waals surface area contributed by atoms with Gasteiger partial charge in [0.15, 0.2) is 0 Å². The fourth-order valence-electron chi connectivity index (χ4n) is 6.13. The van der Waals surface area contributed by atoms with Crippen molar-refractivity contribution in [3.8, 4) is 0 Å². The van der Waals surface area contributed by atoms with E-state index in [1.165, 1.54) is 19.3 Å². The Bertz CT molecular complexity index is 549. The molecule has 5 nitrogen and oxygen atoms in total. The van der Waals surface area contributed by atoms with Crippen molar-refractivity contribution in [1.82, 2.24) is 15.5 Å². The molecule has 0 aromatic rings. The lowest BCUT2D eigenvalue weighted by atomic mass is 9.53. The van der Waals surface area contributed by atoms with E-state index in [1.807, 2.05) is 0 Å². The monoisotopic (exact) mass is 373 g/mol. The van der Waals surface area contributed by atoms with Gasteiger partial charge in [-0.05, 0) is 69.1 Å². The summed E-state index contributed by atoms with van der Waals surface area (Å²) >= 11 is 0. The molecular formula is C18H26F3N3O2. The lowest BCUT2D eigenvalue weighted by Crippen LogP contribution is -2.62. The number of likely N-dealkylation sites (tertiary alicyclic amines) is 1. The van der Waals surface area contributed by atoms with Gasteiger partial charge in [-0.25, -0.2) is 4.79 Å². The van der Waals surface area contributed by atoms with Gasteiger partial charge in [0.25, 0.3) is 0 Å². The first-order chi connectivity index (χ1) is 12.2. The number of hydrogen-bond donors (Lipinski definition) is 2. The van der Waals surface area contributed by atoms with Crippen molar-refractivity contribution in [3.63, 3.8) is 0 Å². The predicted octanol–water partition coefficient (Wildman–Crippen LogP) is 2.81. The van der Waals surface area contributed by atoms with Crippen molar-refractivity contribution in [2.45, 2.75) is 69.1 Å². The average molecular weight is 373 g/mol. The zero-order valence-corrected chi connectivity index (χ0v) is 14.8. The average Bonchev–Trinajstić information content (AvgIpc) is 2.52.